The van der Waals surface area contributed by atoms with E-state index in [1.54, 1.807) is 23.1 Å². The minimum atomic E-state index is -0.507. The van der Waals surface area contributed by atoms with Crippen LogP contribution in [0.5, 0.6) is 0 Å². The van der Waals surface area contributed by atoms with Crippen molar-refractivity contribution >= 4 is 46.4 Å². The number of thiazole rings is 1. The highest BCUT2D eigenvalue weighted by Crippen LogP contribution is 2.32. The van der Waals surface area contributed by atoms with Crippen LogP contribution in [0.25, 0.3) is 0 Å². The third-order valence-electron chi connectivity index (χ3n) is 5.63. The first kappa shape index (κ1) is 27.0. The van der Waals surface area contributed by atoms with Gasteiger partial charge in [0.15, 0.2) is 0 Å². The van der Waals surface area contributed by atoms with Crippen molar-refractivity contribution in [2.24, 2.45) is 0 Å². The van der Waals surface area contributed by atoms with Crippen LogP contribution >= 0.6 is 23.1 Å². The van der Waals surface area contributed by atoms with E-state index in [0.717, 1.165) is 59.2 Å². The number of aromatic nitrogens is 2. The molecule has 0 bridgehead atoms. The third kappa shape index (κ3) is 8.21. The highest BCUT2D eigenvalue weighted by molar-refractivity contribution is 8.00. The zero-order valence-corrected chi connectivity index (χ0v) is 22.9. The number of amides is 1. The average Bonchev–Trinajstić information content (AvgIpc) is 3.40. The predicted molar refractivity (Wildman–Crippen MR) is 152 cm³/mol. The van der Waals surface area contributed by atoms with E-state index in [0.29, 0.717) is 18.2 Å². The summed E-state index contributed by atoms with van der Waals surface area (Å²) in [5, 5.41) is 6.20. The Hall–Kier alpha value is -3.08. The van der Waals surface area contributed by atoms with Crippen molar-refractivity contribution in [2.75, 3.05) is 48.4 Å². The standard InChI is InChI=1S/C27H33N5O3S2/c1-4-10-35-26(33)31-21-7-5-6-20(13-21)16-28-25-15-23(32-8-11-34-12-9-32)14-22(30-25)18-36-27-29-17-24(37-27)19(2)3/h4-7,13-15,17,19H,1,8-12,16,18H2,2-3H3,(H,28,30)(H,31,33). The zero-order valence-electron chi connectivity index (χ0n) is 21.2. The van der Waals surface area contributed by atoms with Crippen LogP contribution in [0.3, 0.4) is 0 Å². The minimum absolute atomic E-state index is 0.167. The van der Waals surface area contributed by atoms with E-state index in [-0.39, 0.29) is 6.61 Å². The van der Waals surface area contributed by atoms with Gasteiger partial charge in [-0.2, -0.15) is 0 Å². The fourth-order valence-corrected chi connectivity index (χ4v) is 5.62. The number of carbonyl (C=O) groups is 1. The molecule has 8 nitrogen and oxygen atoms in total. The normalized spacial score (nSPS) is 13.4. The summed E-state index contributed by atoms with van der Waals surface area (Å²) in [6, 6.07) is 11.9. The molecule has 196 valence electrons. The summed E-state index contributed by atoms with van der Waals surface area (Å²) in [4.78, 5) is 25.0. The Bertz CT molecular complexity index is 1190. The number of nitrogens with zero attached hydrogens (tertiary/aromatic N) is 3. The van der Waals surface area contributed by atoms with Crippen molar-refractivity contribution in [1.82, 2.24) is 9.97 Å². The van der Waals surface area contributed by atoms with Gasteiger partial charge >= 0.3 is 6.09 Å². The number of hydrogen-bond acceptors (Lipinski definition) is 9. The first-order valence-electron chi connectivity index (χ1n) is 12.3. The molecule has 0 saturated carbocycles. The molecule has 1 amide bonds. The van der Waals surface area contributed by atoms with Crippen LogP contribution in [-0.2, 0) is 21.8 Å². The summed E-state index contributed by atoms with van der Waals surface area (Å²) in [7, 11) is 0. The number of thioether (sulfide) groups is 1. The van der Waals surface area contributed by atoms with Gasteiger partial charge in [0, 0.05) is 53.9 Å². The lowest BCUT2D eigenvalue weighted by Gasteiger charge is -2.29. The van der Waals surface area contributed by atoms with Crippen molar-refractivity contribution in [1.29, 1.82) is 0 Å². The number of benzene rings is 1. The lowest BCUT2D eigenvalue weighted by Crippen LogP contribution is -2.36. The number of morpholine rings is 1. The molecule has 2 aromatic heterocycles. The molecule has 1 saturated heterocycles. The second kappa shape index (κ2) is 13.5. The number of ether oxygens (including phenoxy) is 2. The van der Waals surface area contributed by atoms with Gasteiger partial charge in [-0.05, 0) is 29.7 Å². The number of rotatable bonds is 11. The van der Waals surface area contributed by atoms with Crippen molar-refractivity contribution < 1.29 is 14.3 Å². The van der Waals surface area contributed by atoms with Crippen LogP contribution in [0.1, 0.15) is 35.9 Å². The number of nitrogens with one attached hydrogen (secondary N) is 2. The molecule has 10 heteroatoms. The molecule has 0 radical (unpaired) electrons. The van der Waals surface area contributed by atoms with Gasteiger partial charge in [-0.3, -0.25) is 5.32 Å². The first-order valence-corrected chi connectivity index (χ1v) is 14.1. The quantitative estimate of drug-likeness (QED) is 0.222. The van der Waals surface area contributed by atoms with Crippen LogP contribution < -0.4 is 15.5 Å². The third-order valence-corrected chi connectivity index (χ3v) is 8.12. The van der Waals surface area contributed by atoms with Gasteiger partial charge in [0.2, 0.25) is 0 Å². The predicted octanol–water partition coefficient (Wildman–Crippen LogP) is 6.14. The van der Waals surface area contributed by atoms with Gasteiger partial charge in [0.1, 0.15) is 16.8 Å². The summed E-state index contributed by atoms with van der Waals surface area (Å²) in [5.74, 6) is 2.03. The maximum absolute atomic E-state index is 11.9. The van der Waals surface area contributed by atoms with Gasteiger partial charge in [0.05, 0.1) is 18.9 Å². The number of pyridine rings is 1. The molecule has 0 atom stereocenters. The van der Waals surface area contributed by atoms with Crippen molar-refractivity contribution in [3.05, 3.63) is 71.4 Å². The van der Waals surface area contributed by atoms with Gasteiger partial charge in [-0.15, -0.1) is 11.3 Å². The zero-order chi connectivity index (χ0) is 26.0. The van der Waals surface area contributed by atoms with Crippen molar-refractivity contribution in [2.45, 2.75) is 36.4 Å². The number of hydrogen-bond donors (Lipinski definition) is 2. The number of anilines is 3. The Morgan fingerprint density at radius 1 is 1.30 bits per heavy atom. The molecule has 0 aliphatic carbocycles. The molecule has 37 heavy (non-hydrogen) atoms. The molecule has 1 aliphatic rings. The first-order chi connectivity index (χ1) is 18.0. The fraction of sp³-hybridized carbons (Fsp3) is 0.370. The molecule has 1 aliphatic heterocycles. The fourth-order valence-electron chi connectivity index (χ4n) is 3.72. The molecule has 0 spiro atoms. The average molecular weight is 540 g/mol. The number of carbonyl (C=O) groups excluding carboxylic acids is 1. The van der Waals surface area contributed by atoms with Crippen molar-refractivity contribution in [3.63, 3.8) is 0 Å². The van der Waals surface area contributed by atoms with Crippen LogP contribution in [0.15, 0.2) is 59.6 Å². The maximum atomic E-state index is 11.9. The van der Waals surface area contributed by atoms with Gasteiger partial charge in [-0.1, -0.05) is 50.4 Å². The van der Waals surface area contributed by atoms with E-state index >= 15 is 0 Å². The van der Waals surface area contributed by atoms with Gasteiger partial charge in [-0.25, -0.2) is 14.8 Å². The topological polar surface area (TPSA) is 88.6 Å². The summed E-state index contributed by atoms with van der Waals surface area (Å²) in [5.41, 5.74) is 3.82. The van der Waals surface area contributed by atoms with E-state index in [1.807, 2.05) is 30.5 Å². The molecule has 0 unspecified atom stereocenters. The molecule has 1 aromatic carbocycles. The highest BCUT2D eigenvalue weighted by Gasteiger charge is 2.15. The molecule has 3 heterocycles. The Morgan fingerprint density at radius 3 is 2.89 bits per heavy atom. The molecule has 4 rings (SSSR count). The second-order valence-corrected chi connectivity index (χ2v) is 11.1. The lowest BCUT2D eigenvalue weighted by atomic mass is 10.2. The van der Waals surface area contributed by atoms with Gasteiger partial charge in [0.25, 0.3) is 0 Å². The van der Waals surface area contributed by atoms with E-state index in [4.69, 9.17) is 14.5 Å². The monoisotopic (exact) mass is 539 g/mol. The molecule has 1 fully saturated rings. The summed E-state index contributed by atoms with van der Waals surface area (Å²) in [6.45, 7) is 11.8. The SMILES string of the molecule is C=CCOC(=O)Nc1cccc(CNc2cc(N3CCOCC3)cc(CSc3ncc(C(C)C)s3)n2)c1. The van der Waals surface area contributed by atoms with E-state index in [9.17, 15) is 4.79 Å². The lowest BCUT2D eigenvalue weighted by molar-refractivity contribution is 0.122. The summed E-state index contributed by atoms with van der Waals surface area (Å²) < 4.78 is 11.6. The van der Waals surface area contributed by atoms with Gasteiger partial charge < -0.3 is 19.7 Å². The Morgan fingerprint density at radius 2 is 2.14 bits per heavy atom. The molecule has 2 N–H and O–H groups in total. The van der Waals surface area contributed by atoms with Crippen LogP contribution in [-0.4, -0.2) is 49.0 Å². The highest BCUT2D eigenvalue weighted by atomic mass is 32.2. The molecular weight excluding hydrogens is 506 g/mol. The Labute approximate surface area is 226 Å². The summed E-state index contributed by atoms with van der Waals surface area (Å²) in [6.07, 6.45) is 3.00. The van der Waals surface area contributed by atoms with Crippen LogP contribution in [0, 0.1) is 0 Å². The smallest absolute Gasteiger partial charge is 0.411 e. The Balaban J connectivity index is 1.45. The Kier molecular flexibility index (Phi) is 9.81. The summed E-state index contributed by atoms with van der Waals surface area (Å²) >= 11 is 3.47. The van der Waals surface area contributed by atoms with Crippen LogP contribution in [0.2, 0.25) is 0 Å². The van der Waals surface area contributed by atoms with Crippen LogP contribution in [0.4, 0.5) is 22.0 Å². The molecular formula is C27H33N5O3S2. The van der Waals surface area contributed by atoms with E-state index < -0.39 is 6.09 Å². The minimum Gasteiger partial charge on any atom is -0.445 e. The van der Waals surface area contributed by atoms with E-state index in [2.05, 4.69) is 53.1 Å². The molecule has 3 aromatic rings. The largest absolute Gasteiger partial charge is 0.445 e. The van der Waals surface area contributed by atoms with Crippen molar-refractivity contribution in [3.8, 4) is 0 Å². The van der Waals surface area contributed by atoms with E-state index in [1.165, 1.54) is 11.0 Å². The second-order valence-electron chi connectivity index (χ2n) is 8.84. The maximum Gasteiger partial charge on any atom is 0.411 e.